The summed E-state index contributed by atoms with van der Waals surface area (Å²) in [6, 6.07) is 6.65. The summed E-state index contributed by atoms with van der Waals surface area (Å²) in [5.74, 6) is -0.599. The average molecular weight is 193 g/mol. The third-order valence-electron chi connectivity index (χ3n) is 2.11. The lowest BCUT2D eigenvalue weighted by Crippen LogP contribution is -2.14. The van der Waals surface area contributed by atoms with Gasteiger partial charge in [0, 0.05) is 11.5 Å². The molecule has 1 radical (unpaired) electrons. The molecule has 2 N–H and O–H groups in total. The van der Waals surface area contributed by atoms with Crippen LogP contribution in [0, 0.1) is 6.92 Å². The minimum atomic E-state index is -1.47. The van der Waals surface area contributed by atoms with Crippen LogP contribution in [0.4, 0.5) is 0 Å². The Balaban J connectivity index is 2.88. The minimum absolute atomic E-state index is 0.0123. The van der Waals surface area contributed by atoms with Crippen molar-refractivity contribution in [3.63, 3.8) is 0 Å². The van der Waals surface area contributed by atoms with Crippen molar-refractivity contribution in [3.8, 4) is 0 Å². The van der Waals surface area contributed by atoms with Gasteiger partial charge in [-0.2, -0.15) is 0 Å². The third-order valence-corrected chi connectivity index (χ3v) is 2.11. The van der Waals surface area contributed by atoms with Crippen molar-refractivity contribution >= 4 is 5.78 Å². The molecule has 0 spiro atoms. The summed E-state index contributed by atoms with van der Waals surface area (Å²) >= 11 is 0. The first-order chi connectivity index (χ1) is 6.52. The van der Waals surface area contributed by atoms with E-state index in [0.717, 1.165) is 0 Å². The van der Waals surface area contributed by atoms with E-state index < -0.39 is 12.2 Å². The summed E-state index contributed by atoms with van der Waals surface area (Å²) in [4.78, 5) is 10.9. The Bertz CT molecular complexity index is 314. The standard InChI is InChI=1S/C11H13O3/c1-7(11(13)14)9-3-5-10(6-4-9)8(2)12/h3-7,11,13-14H,1H2,2H3. The van der Waals surface area contributed by atoms with Crippen molar-refractivity contribution in [2.75, 3.05) is 0 Å². The van der Waals surface area contributed by atoms with Gasteiger partial charge in [-0.25, -0.2) is 0 Å². The van der Waals surface area contributed by atoms with Gasteiger partial charge in [0.1, 0.15) is 0 Å². The second kappa shape index (κ2) is 4.35. The molecule has 1 rings (SSSR count). The largest absolute Gasteiger partial charge is 0.368 e. The Hall–Kier alpha value is -1.19. The van der Waals surface area contributed by atoms with Gasteiger partial charge in [-0.3, -0.25) is 4.79 Å². The van der Waals surface area contributed by atoms with E-state index in [9.17, 15) is 4.79 Å². The fraction of sp³-hybridized carbons (Fsp3) is 0.273. The van der Waals surface area contributed by atoms with Crippen LogP contribution in [0.5, 0.6) is 0 Å². The van der Waals surface area contributed by atoms with E-state index in [1.165, 1.54) is 6.92 Å². The normalized spacial score (nSPS) is 12.9. The molecule has 0 aromatic heterocycles. The van der Waals surface area contributed by atoms with Crippen molar-refractivity contribution in [2.24, 2.45) is 0 Å². The molecule has 0 aliphatic rings. The van der Waals surface area contributed by atoms with Crippen molar-refractivity contribution in [3.05, 3.63) is 42.3 Å². The summed E-state index contributed by atoms with van der Waals surface area (Å²) in [6.45, 7) is 5.08. The first kappa shape index (κ1) is 10.9. The monoisotopic (exact) mass is 193 g/mol. The average Bonchev–Trinajstić information content (AvgIpc) is 2.16. The van der Waals surface area contributed by atoms with E-state index in [-0.39, 0.29) is 5.78 Å². The van der Waals surface area contributed by atoms with Gasteiger partial charge in [-0.15, -0.1) is 0 Å². The number of hydrogen-bond acceptors (Lipinski definition) is 3. The third kappa shape index (κ3) is 2.40. The number of rotatable bonds is 3. The molecule has 75 valence electrons. The lowest BCUT2D eigenvalue weighted by atomic mass is 9.99. The number of Topliss-reactive ketones (excluding diaryl/α,β-unsaturated/α-hetero) is 1. The Morgan fingerprint density at radius 3 is 2.14 bits per heavy atom. The summed E-state index contributed by atoms with van der Waals surface area (Å²) < 4.78 is 0. The van der Waals surface area contributed by atoms with Crippen LogP contribution in [0.1, 0.15) is 28.8 Å². The molecule has 0 saturated carbocycles. The molecule has 3 nitrogen and oxygen atoms in total. The van der Waals surface area contributed by atoms with Crippen molar-refractivity contribution in [1.29, 1.82) is 0 Å². The molecule has 0 heterocycles. The van der Waals surface area contributed by atoms with Gasteiger partial charge in [0.2, 0.25) is 0 Å². The van der Waals surface area contributed by atoms with Crippen LogP contribution in [0.2, 0.25) is 0 Å². The zero-order valence-corrected chi connectivity index (χ0v) is 7.97. The Kier molecular flexibility index (Phi) is 3.38. The van der Waals surface area contributed by atoms with Crippen LogP contribution >= 0.6 is 0 Å². The quantitative estimate of drug-likeness (QED) is 0.558. The second-order valence-electron chi connectivity index (χ2n) is 3.20. The van der Waals surface area contributed by atoms with E-state index in [1.807, 2.05) is 0 Å². The Morgan fingerprint density at radius 2 is 1.79 bits per heavy atom. The number of hydrogen-bond donors (Lipinski definition) is 2. The summed E-state index contributed by atoms with van der Waals surface area (Å²) in [5.41, 5.74) is 1.30. The molecule has 0 aliphatic carbocycles. The fourth-order valence-corrected chi connectivity index (χ4v) is 1.14. The van der Waals surface area contributed by atoms with Crippen LogP contribution in [0.15, 0.2) is 24.3 Å². The molecule has 1 aromatic carbocycles. The van der Waals surface area contributed by atoms with Gasteiger partial charge >= 0.3 is 0 Å². The van der Waals surface area contributed by atoms with Crippen LogP contribution in [-0.4, -0.2) is 22.3 Å². The number of carbonyl (C=O) groups is 1. The zero-order chi connectivity index (χ0) is 10.7. The number of ketones is 1. The zero-order valence-electron chi connectivity index (χ0n) is 7.97. The molecule has 0 amide bonds. The Labute approximate surface area is 83.0 Å². The molecule has 0 bridgehead atoms. The summed E-state index contributed by atoms with van der Waals surface area (Å²) in [7, 11) is 0. The second-order valence-corrected chi connectivity index (χ2v) is 3.20. The van der Waals surface area contributed by atoms with Crippen LogP contribution < -0.4 is 0 Å². The van der Waals surface area contributed by atoms with Gasteiger partial charge in [0.05, 0.1) is 0 Å². The van der Waals surface area contributed by atoms with Gasteiger partial charge in [0.15, 0.2) is 12.1 Å². The molecule has 14 heavy (non-hydrogen) atoms. The van der Waals surface area contributed by atoms with Crippen molar-refractivity contribution in [1.82, 2.24) is 0 Å². The lowest BCUT2D eigenvalue weighted by molar-refractivity contribution is -0.0503. The fourth-order valence-electron chi connectivity index (χ4n) is 1.14. The van der Waals surface area contributed by atoms with Gasteiger partial charge < -0.3 is 10.2 Å². The first-order valence-electron chi connectivity index (χ1n) is 4.32. The van der Waals surface area contributed by atoms with Gasteiger partial charge in [-0.1, -0.05) is 24.3 Å². The smallest absolute Gasteiger partial charge is 0.159 e. The number of benzene rings is 1. The molecule has 0 fully saturated rings. The SMILES string of the molecule is [CH2]C(c1ccc(C(C)=O)cc1)C(O)O. The van der Waals surface area contributed by atoms with E-state index in [2.05, 4.69) is 6.92 Å². The predicted octanol–water partition coefficient (Wildman–Crippen LogP) is 1.12. The van der Waals surface area contributed by atoms with Crippen LogP contribution in [-0.2, 0) is 0 Å². The molecule has 3 heteroatoms. The van der Waals surface area contributed by atoms with Gasteiger partial charge in [0.25, 0.3) is 0 Å². The molecular weight excluding hydrogens is 180 g/mol. The number of aliphatic hydroxyl groups is 2. The van der Waals surface area contributed by atoms with Crippen LogP contribution in [0.25, 0.3) is 0 Å². The lowest BCUT2D eigenvalue weighted by Gasteiger charge is -2.13. The maximum Gasteiger partial charge on any atom is 0.159 e. The molecule has 0 saturated heterocycles. The molecular formula is C11H13O3. The summed E-state index contributed by atoms with van der Waals surface area (Å²) in [5, 5.41) is 17.8. The van der Waals surface area contributed by atoms with Crippen molar-refractivity contribution < 1.29 is 15.0 Å². The first-order valence-corrected chi connectivity index (χ1v) is 4.32. The predicted molar refractivity (Wildman–Crippen MR) is 52.8 cm³/mol. The minimum Gasteiger partial charge on any atom is -0.368 e. The highest BCUT2D eigenvalue weighted by molar-refractivity contribution is 5.94. The van der Waals surface area contributed by atoms with E-state index in [0.29, 0.717) is 11.1 Å². The topological polar surface area (TPSA) is 57.5 Å². The highest BCUT2D eigenvalue weighted by Gasteiger charge is 2.13. The maximum absolute atomic E-state index is 10.9. The maximum atomic E-state index is 10.9. The van der Waals surface area contributed by atoms with E-state index in [4.69, 9.17) is 10.2 Å². The van der Waals surface area contributed by atoms with Gasteiger partial charge in [-0.05, 0) is 19.4 Å². The van der Waals surface area contributed by atoms with E-state index in [1.54, 1.807) is 24.3 Å². The van der Waals surface area contributed by atoms with Crippen LogP contribution in [0.3, 0.4) is 0 Å². The highest BCUT2D eigenvalue weighted by Crippen LogP contribution is 2.18. The number of aliphatic hydroxyl groups excluding tert-OH is 1. The molecule has 1 aromatic rings. The molecule has 1 atom stereocenters. The highest BCUT2D eigenvalue weighted by atomic mass is 16.5. The van der Waals surface area contributed by atoms with E-state index >= 15 is 0 Å². The number of carbonyl (C=O) groups excluding carboxylic acids is 1. The molecule has 0 aliphatic heterocycles. The summed E-state index contributed by atoms with van der Waals surface area (Å²) in [6.07, 6.45) is -1.47. The molecule has 1 unspecified atom stereocenters. The Morgan fingerprint density at radius 1 is 1.29 bits per heavy atom. The van der Waals surface area contributed by atoms with Crippen molar-refractivity contribution in [2.45, 2.75) is 19.1 Å².